The van der Waals surface area contributed by atoms with E-state index in [0.717, 1.165) is 17.8 Å². The fraction of sp³-hybridized carbons (Fsp3) is 0.190. The average molecular weight is 436 g/mol. The zero-order chi connectivity index (χ0) is 22.8. The number of nitrogens with zero attached hydrogens (tertiary/aromatic N) is 2. The Hall–Kier alpha value is -3.40. The van der Waals surface area contributed by atoms with E-state index >= 15 is 0 Å². The highest BCUT2D eigenvalue weighted by Crippen LogP contribution is 2.33. The number of hydrogen-bond donors (Lipinski definition) is 2. The maximum absolute atomic E-state index is 13.7. The first-order valence-electron chi connectivity index (χ1n) is 9.03. The topological polar surface area (TPSA) is 80.9 Å². The summed E-state index contributed by atoms with van der Waals surface area (Å²) in [6.07, 6.45) is -2.41. The lowest BCUT2D eigenvalue weighted by Crippen LogP contribution is -2.29. The Morgan fingerprint density at radius 1 is 1.10 bits per heavy atom. The van der Waals surface area contributed by atoms with E-state index in [9.17, 15) is 26.7 Å². The van der Waals surface area contributed by atoms with Gasteiger partial charge >= 0.3 is 6.18 Å². The lowest BCUT2D eigenvalue weighted by Gasteiger charge is -2.18. The van der Waals surface area contributed by atoms with E-state index < -0.39 is 36.3 Å². The molecule has 0 aliphatic rings. The van der Waals surface area contributed by atoms with E-state index in [0.29, 0.717) is 11.8 Å². The van der Waals surface area contributed by atoms with Gasteiger partial charge in [-0.05, 0) is 42.3 Å². The molecule has 3 aromatic rings. The van der Waals surface area contributed by atoms with E-state index in [2.05, 4.69) is 15.3 Å². The van der Waals surface area contributed by atoms with Gasteiger partial charge in [0, 0.05) is 23.4 Å². The fourth-order valence-corrected chi connectivity index (χ4v) is 2.78. The summed E-state index contributed by atoms with van der Waals surface area (Å²) in [5, 5.41) is 2.36. The molecule has 3 N–H and O–H groups in total. The number of pyridine rings is 2. The Bertz CT molecular complexity index is 1100. The van der Waals surface area contributed by atoms with Crippen molar-refractivity contribution in [1.29, 1.82) is 0 Å². The third-order valence-electron chi connectivity index (χ3n) is 4.44. The first-order chi connectivity index (χ1) is 14.5. The Kier molecular flexibility index (Phi) is 6.30. The first kappa shape index (κ1) is 22.3. The number of carbonyl (C=O) groups is 1. The second kappa shape index (κ2) is 8.76. The SMILES string of the molecule is Cc1ccc(-c2cc(C(=O)NCc3ncc(F)cc3F)cc(C(N)C(F)(F)F)c2)nc1. The van der Waals surface area contributed by atoms with Crippen molar-refractivity contribution in [3.63, 3.8) is 0 Å². The van der Waals surface area contributed by atoms with E-state index in [4.69, 9.17) is 5.73 Å². The third-order valence-corrected chi connectivity index (χ3v) is 4.44. The minimum Gasteiger partial charge on any atom is -0.346 e. The monoisotopic (exact) mass is 436 g/mol. The van der Waals surface area contributed by atoms with Crippen LogP contribution in [0.4, 0.5) is 22.0 Å². The summed E-state index contributed by atoms with van der Waals surface area (Å²) in [6, 6.07) is 5.20. The molecule has 1 atom stereocenters. The second-order valence-corrected chi connectivity index (χ2v) is 6.85. The van der Waals surface area contributed by atoms with Gasteiger partial charge in [0.2, 0.25) is 0 Å². The van der Waals surface area contributed by atoms with E-state index in [1.165, 1.54) is 18.3 Å². The predicted molar refractivity (Wildman–Crippen MR) is 103 cm³/mol. The molecule has 31 heavy (non-hydrogen) atoms. The van der Waals surface area contributed by atoms with Gasteiger partial charge < -0.3 is 11.1 Å². The molecular weight excluding hydrogens is 419 g/mol. The molecule has 2 aromatic heterocycles. The van der Waals surface area contributed by atoms with Crippen molar-refractivity contribution in [2.45, 2.75) is 25.7 Å². The number of nitrogens with two attached hydrogens (primary N) is 1. The van der Waals surface area contributed by atoms with Crippen molar-refractivity contribution < 1.29 is 26.7 Å². The van der Waals surface area contributed by atoms with Gasteiger partial charge in [0.05, 0.1) is 24.1 Å². The van der Waals surface area contributed by atoms with Gasteiger partial charge in [-0.15, -0.1) is 0 Å². The number of hydrogen-bond acceptors (Lipinski definition) is 4. The Morgan fingerprint density at radius 2 is 1.84 bits per heavy atom. The summed E-state index contributed by atoms with van der Waals surface area (Å²) >= 11 is 0. The molecule has 0 spiro atoms. The second-order valence-electron chi connectivity index (χ2n) is 6.85. The van der Waals surface area contributed by atoms with Gasteiger partial charge in [0.25, 0.3) is 5.91 Å². The number of aromatic nitrogens is 2. The van der Waals surface area contributed by atoms with Crippen LogP contribution in [0.2, 0.25) is 0 Å². The number of rotatable bonds is 5. The van der Waals surface area contributed by atoms with Crippen LogP contribution in [0.25, 0.3) is 11.3 Å². The van der Waals surface area contributed by atoms with Crippen LogP contribution in [0.5, 0.6) is 0 Å². The third kappa shape index (κ3) is 5.40. The Balaban J connectivity index is 1.94. The smallest absolute Gasteiger partial charge is 0.346 e. The normalized spacial score (nSPS) is 12.5. The van der Waals surface area contributed by atoms with Crippen molar-refractivity contribution in [2.24, 2.45) is 5.73 Å². The summed E-state index contributed by atoms with van der Waals surface area (Å²) in [5.74, 6) is -2.62. The molecule has 0 bridgehead atoms. The summed E-state index contributed by atoms with van der Waals surface area (Å²) in [6.45, 7) is 1.41. The molecule has 5 nitrogen and oxygen atoms in total. The average Bonchev–Trinajstić information content (AvgIpc) is 2.72. The highest BCUT2D eigenvalue weighted by Gasteiger charge is 2.38. The fourth-order valence-electron chi connectivity index (χ4n) is 2.78. The summed E-state index contributed by atoms with van der Waals surface area (Å²) < 4.78 is 66.2. The highest BCUT2D eigenvalue weighted by atomic mass is 19.4. The standard InChI is InChI=1S/C21H17F5N4O/c1-11-2-3-17(28-8-11)12-4-13(19(27)21(24,25)26)6-14(5-12)20(31)30-10-18-16(23)7-15(22)9-29-18/h2-9,19H,10,27H2,1H3,(H,30,31). The minimum atomic E-state index is -4.73. The number of benzene rings is 1. The lowest BCUT2D eigenvalue weighted by atomic mass is 9.98. The maximum Gasteiger partial charge on any atom is 0.407 e. The van der Waals surface area contributed by atoms with Crippen LogP contribution in [0.1, 0.15) is 33.2 Å². The molecule has 1 aromatic carbocycles. The van der Waals surface area contributed by atoms with Crippen LogP contribution in [0, 0.1) is 18.6 Å². The molecule has 0 fully saturated rings. The molecule has 162 valence electrons. The van der Waals surface area contributed by atoms with Crippen molar-refractivity contribution in [1.82, 2.24) is 15.3 Å². The number of halogens is 5. The van der Waals surface area contributed by atoms with Gasteiger partial charge in [-0.3, -0.25) is 14.8 Å². The summed E-state index contributed by atoms with van der Waals surface area (Å²) in [4.78, 5) is 20.3. The van der Waals surface area contributed by atoms with Crippen molar-refractivity contribution in [2.75, 3.05) is 0 Å². The molecule has 2 heterocycles. The summed E-state index contributed by atoms with van der Waals surface area (Å²) in [5.41, 5.74) is 6.11. The molecule has 3 rings (SSSR count). The number of amides is 1. The quantitative estimate of drug-likeness (QED) is 0.587. The minimum absolute atomic E-state index is 0.128. The Morgan fingerprint density at radius 3 is 2.45 bits per heavy atom. The van der Waals surface area contributed by atoms with E-state index in [1.54, 1.807) is 19.1 Å². The number of alkyl halides is 3. The summed E-state index contributed by atoms with van der Waals surface area (Å²) in [7, 11) is 0. The van der Waals surface area contributed by atoms with Gasteiger partial charge in [0.1, 0.15) is 17.7 Å². The predicted octanol–water partition coefficient (Wildman–Crippen LogP) is 4.22. The zero-order valence-electron chi connectivity index (χ0n) is 16.2. The van der Waals surface area contributed by atoms with Gasteiger partial charge in [-0.25, -0.2) is 8.78 Å². The van der Waals surface area contributed by atoms with Crippen LogP contribution in [0.15, 0.2) is 48.8 Å². The molecule has 10 heteroatoms. The van der Waals surface area contributed by atoms with Crippen LogP contribution in [-0.2, 0) is 6.54 Å². The van der Waals surface area contributed by atoms with Crippen molar-refractivity contribution in [3.05, 3.63) is 82.8 Å². The highest BCUT2D eigenvalue weighted by molar-refractivity contribution is 5.95. The zero-order valence-corrected chi connectivity index (χ0v) is 16.2. The van der Waals surface area contributed by atoms with Crippen LogP contribution < -0.4 is 11.1 Å². The molecule has 0 saturated heterocycles. The largest absolute Gasteiger partial charge is 0.407 e. The number of nitrogens with one attached hydrogen (secondary N) is 1. The molecule has 0 aliphatic carbocycles. The maximum atomic E-state index is 13.7. The molecule has 0 saturated carbocycles. The van der Waals surface area contributed by atoms with E-state index in [-0.39, 0.29) is 22.4 Å². The van der Waals surface area contributed by atoms with E-state index in [1.807, 2.05) is 0 Å². The lowest BCUT2D eigenvalue weighted by molar-refractivity contribution is -0.149. The first-order valence-corrected chi connectivity index (χ1v) is 9.03. The van der Waals surface area contributed by atoms with Gasteiger partial charge in [-0.2, -0.15) is 13.2 Å². The Labute approximate surface area is 174 Å². The molecule has 1 amide bonds. The number of carbonyl (C=O) groups excluding carboxylic acids is 1. The van der Waals surface area contributed by atoms with Crippen LogP contribution in [-0.4, -0.2) is 22.1 Å². The molecule has 0 radical (unpaired) electrons. The van der Waals surface area contributed by atoms with Crippen LogP contribution >= 0.6 is 0 Å². The molecule has 0 aliphatic heterocycles. The van der Waals surface area contributed by atoms with Gasteiger partial charge in [0.15, 0.2) is 0 Å². The molecular formula is C21H17F5N4O. The van der Waals surface area contributed by atoms with Gasteiger partial charge in [-0.1, -0.05) is 6.07 Å². The van der Waals surface area contributed by atoms with Crippen LogP contribution in [0.3, 0.4) is 0 Å². The van der Waals surface area contributed by atoms with Crippen molar-refractivity contribution >= 4 is 5.91 Å². The van der Waals surface area contributed by atoms with Crippen molar-refractivity contribution in [3.8, 4) is 11.3 Å². The molecule has 1 unspecified atom stereocenters. The number of aryl methyl sites for hydroxylation is 1.